The van der Waals surface area contributed by atoms with Gasteiger partial charge in [0.15, 0.2) is 5.65 Å². The number of carbonyl (C=O) groups is 1. The predicted molar refractivity (Wildman–Crippen MR) is 94.7 cm³/mol. The number of aromatic nitrogens is 2. The first-order chi connectivity index (χ1) is 11.6. The number of carbonyl (C=O) groups excluding carboxylic acids is 1. The number of anilines is 2. The maximum absolute atomic E-state index is 12.1. The van der Waals surface area contributed by atoms with E-state index in [4.69, 9.17) is 4.74 Å². The predicted octanol–water partition coefficient (Wildman–Crippen LogP) is 4.03. The van der Waals surface area contributed by atoms with Crippen LogP contribution < -0.4 is 5.32 Å². The SMILES string of the molecule is CCc1cccc(Nc2c(C(=O)OC)cnc3nc(C)ccc23)c1. The number of hydrogen-bond acceptors (Lipinski definition) is 5. The second-order valence-electron chi connectivity index (χ2n) is 5.54. The Morgan fingerprint density at radius 1 is 1.25 bits per heavy atom. The zero-order valence-corrected chi connectivity index (χ0v) is 14.0. The normalized spacial score (nSPS) is 10.6. The number of methoxy groups -OCH3 is 1. The van der Waals surface area contributed by atoms with Crippen molar-refractivity contribution in [3.05, 3.63) is 59.4 Å². The topological polar surface area (TPSA) is 64.1 Å². The molecule has 0 saturated heterocycles. The Bertz CT molecular complexity index is 906. The molecule has 0 radical (unpaired) electrons. The second-order valence-corrected chi connectivity index (χ2v) is 5.54. The van der Waals surface area contributed by atoms with Gasteiger partial charge in [-0.3, -0.25) is 0 Å². The zero-order chi connectivity index (χ0) is 17.1. The van der Waals surface area contributed by atoms with Crippen molar-refractivity contribution in [1.29, 1.82) is 0 Å². The van der Waals surface area contributed by atoms with Crippen LogP contribution in [0.3, 0.4) is 0 Å². The Hall–Kier alpha value is -2.95. The molecule has 2 heterocycles. The molecule has 5 nitrogen and oxygen atoms in total. The maximum atomic E-state index is 12.1. The Balaban J connectivity index is 2.16. The van der Waals surface area contributed by atoms with Crippen LogP contribution >= 0.6 is 0 Å². The zero-order valence-electron chi connectivity index (χ0n) is 14.0. The molecule has 0 atom stereocenters. The molecule has 1 aromatic carbocycles. The summed E-state index contributed by atoms with van der Waals surface area (Å²) in [6.45, 7) is 4.01. The molecule has 24 heavy (non-hydrogen) atoms. The number of hydrogen-bond donors (Lipinski definition) is 1. The van der Waals surface area contributed by atoms with Gasteiger partial charge in [-0.15, -0.1) is 0 Å². The van der Waals surface area contributed by atoms with Gasteiger partial charge in [0.1, 0.15) is 5.56 Å². The van der Waals surface area contributed by atoms with Crippen LogP contribution in [0.4, 0.5) is 11.4 Å². The molecule has 0 aliphatic heterocycles. The summed E-state index contributed by atoms with van der Waals surface area (Å²) in [6, 6.07) is 11.9. The van der Waals surface area contributed by atoms with Crippen molar-refractivity contribution in [1.82, 2.24) is 9.97 Å². The smallest absolute Gasteiger partial charge is 0.341 e. The van der Waals surface area contributed by atoms with E-state index in [1.54, 1.807) is 0 Å². The molecule has 0 amide bonds. The molecule has 1 N–H and O–H groups in total. The summed E-state index contributed by atoms with van der Waals surface area (Å²) >= 11 is 0. The summed E-state index contributed by atoms with van der Waals surface area (Å²) in [5.74, 6) is -0.431. The third-order valence-corrected chi connectivity index (χ3v) is 3.88. The number of aryl methyl sites for hydroxylation is 2. The quantitative estimate of drug-likeness (QED) is 0.735. The molecule has 0 aliphatic carbocycles. The Morgan fingerprint density at radius 2 is 2.08 bits per heavy atom. The number of benzene rings is 1. The molecule has 0 bridgehead atoms. The number of nitrogens with one attached hydrogen (secondary N) is 1. The van der Waals surface area contributed by atoms with Gasteiger partial charge < -0.3 is 10.1 Å². The lowest BCUT2D eigenvalue weighted by Crippen LogP contribution is -2.08. The number of ether oxygens (including phenoxy) is 1. The van der Waals surface area contributed by atoms with Crippen molar-refractivity contribution in [2.75, 3.05) is 12.4 Å². The van der Waals surface area contributed by atoms with E-state index in [2.05, 4.69) is 34.3 Å². The molecule has 0 spiro atoms. The Labute approximate surface area is 140 Å². The van der Waals surface area contributed by atoms with E-state index in [1.165, 1.54) is 18.9 Å². The maximum Gasteiger partial charge on any atom is 0.341 e. The average Bonchev–Trinajstić information content (AvgIpc) is 2.61. The molecular formula is C19H19N3O2. The average molecular weight is 321 g/mol. The van der Waals surface area contributed by atoms with Crippen LogP contribution in [0.5, 0.6) is 0 Å². The lowest BCUT2D eigenvalue weighted by Gasteiger charge is -2.14. The van der Waals surface area contributed by atoms with Crippen molar-refractivity contribution < 1.29 is 9.53 Å². The Kier molecular flexibility index (Phi) is 4.42. The molecule has 0 fully saturated rings. The van der Waals surface area contributed by atoms with Gasteiger partial charge in [-0.2, -0.15) is 0 Å². The fourth-order valence-corrected chi connectivity index (χ4v) is 2.58. The lowest BCUT2D eigenvalue weighted by atomic mass is 10.1. The molecule has 3 rings (SSSR count). The Morgan fingerprint density at radius 3 is 2.83 bits per heavy atom. The standard InChI is InChI=1S/C19H19N3O2/c1-4-13-6-5-7-14(10-13)22-17-15-9-8-12(2)21-18(15)20-11-16(17)19(23)24-3/h5-11H,4H2,1-3H3,(H,20,21,22). The molecule has 0 saturated carbocycles. The first-order valence-corrected chi connectivity index (χ1v) is 7.83. The minimum atomic E-state index is -0.431. The van der Waals surface area contributed by atoms with Crippen molar-refractivity contribution in [3.8, 4) is 0 Å². The van der Waals surface area contributed by atoms with Crippen molar-refractivity contribution in [2.45, 2.75) is 20.3 Å². The van der Waals surface area contributed by atoms with Crippen LogP contribution in [0.15, 0.2) is 42.6 Å². The molecule has 2 aromatic heterocycles. The van der Waals surface area contributed by atoms with E-state index in [0.717, 1.165) is 23.2 Å². The third-order valence-electron chi connectivity index (χ3n) is 3.88. The summed E-state index contributed by atoms with van der Waals surface area (Å²) in [7, 11) is 1.36. The van der Waals surface area contributed by atoms with Crippen LogP contribution in [0, 0.1) is 6.92 Å². The molecule has 3 aromatic rings. The molecular weight excluding hydrogens is 302 g/mol. The van der Waals surface area contributed by atoms with Gasteiger partial charge in [-0.05, 0) is 43.2 Å². The van der Waals surface area contributed by atoms with Crippen LogP contribution in [0.2, 0.25) is 0 Å². The highest BCUT2D eigenvalue weighted by Crippen LogP contribution is 2.29. The highest BCUT2D eigenvalue weighted by atomic mass is 16.5. The van der Waals surface area contributed by atoms with E-state index in [0.29, 0.717) is 16.9 Å². The van der Waals surface area contributed by atoms with Crippen LogP contribution in [0.1, 0.15) is 28.5 Å². The van der Waals surface area contributed by atoms with Crippen LogP contribution in [-0.4, -0.2) is 23.0 Å². The number of rotatable bonds is 4. The van der Waals surface area contributed by atoms with Gasteiger partial charge in [-0.25, -0.2) is 14.8 Å². The molecule has 0 unspecified atom stereocenters. The van der Waals surface area contributed by atoms with E-state index in [-0.39, 0.29) is 0 Å². The number of nitrogens with zero attached hydrogens (tertiary/aromatic N) is 2. The van der Waals surface area contributed by atoms with Gasteiger partial charge >= 0.3 is 5.97 Å². The second kappa shape index (κ2) is 6.66. The molecule has 122 valence electrons. The largest absolute Gasteiger partial charge is 0.465 e. The van der Waals surface area contributed by atoms with Gasteiger partial charge in [0, 0.05) is 23.0 Å². The van der Waals surface area contributed by atoms with E-state index < -0.39 is 5.97 Å². The summed E-state index contributed by atoms with van der Waals surface area (Å²) in [5, 5.41) is 4.13. The fourth-order valence-electron chi connectivity index (χ4n) is 2.58. The number of esters is 1. The first kappa shape index (κ1) is 15.9. The lowest BCUT2D eigenvalue weighted by molar-refractivity contribution is 0.0601. The van der Waals surface area contributed by atoms with Crippen molar-refractivity contribution in [3.63, 3.8) is 0 Å². The van der Waals surface area contributed by atoms with E-state index in [9.17, 15) is 4.79 Å². The highest BCUT2D eigenvalue weighted by molar-refractivity contribution is 6.05. The minimum Gasteiger partial charge on any atom is -0.465 e. The van der Waals surface area contributed by atoms with Gasteiger partial charge in [0.25, 0.3) is 0 Å². The monoisotopic (exact) mass is 321 g/mol. The summed E-state index contributed by atoms with van der Waals surface area (Å²) < 4.78 is 4.89. The van der Waals surface area contributed by atoms with Crippen LogP contribution in [-0.2, 0) is 11.2 Å². The van der Waals surface area contributed by atoms with Crippen molar-refractivity contribution in [2.24, 2.45) is 0 Å². The summed E-state index contributed by atoms with van der Waals surface area (Å²) in [4.78, 5) is 20.9. The number of fused-ring (bicyclic) bond motifs is 1. The van der Waals surface area contributed by atoms with Crippen LogP contribution in [0.25, 0.3) is 11.0 Å². The molecule has 5 heteroatoms. The van der Waals surface area contributed by atoms with E-state index in [1.807, 2.05) is 31.2 Å². The van der Waals surface area contributed by atoms with Crippen molar-refractivity contribution >= 4 is 28.4 Å². The molecule has 0 aliphatic rings. The van der Waals surface area contributed by atoms with Gasteiger partial charge in [0.2, 0.25) is 0 Å². The van der Waals surface area contributed by atoms with Gasteiger partial charge in [-0.1, -0.05) is 19.1 Å². The van der Waals surface area contributed by atoms with Gasteiger partial charge in [0.05, 0.1) is 12.8 Å². The third kappa shape index (κ3) is 3.06. The fraction of sp³-hybridized carbons (Fsp3) is 0.211. The number of pyridine rings is 2. The van der Waals surface area contributed by atoms with E-state index >= 15 is 0 Å². The summed E-state index contributed by atoms with van der Waals surface area (Å²) in [5.41, 5.74) is 4.64. The highest BCUT2D eigenvalue weighted by Gasteiger charge is 2.17. The minimum absolute atomic E-state index is 0.387. The summed E-state index contributed by atoms with van der Waals surface area (Å²) in [6.07, 6.45) is 2.45. The first-order valence-electron chi connectivity index (χ1n) is 7.83.